The van der Waals surface area contributed by atoms with E-state index in [-0.39, 0.29) is 0 Å². The van der Waals surface area contributed by atoms with E-state index < -0.39 is 0 Å². The molecule has 94 valence electrons. The maximum Gasteiger partial charge on any atom is 0.0635 e. The van der Waals surface area contributed by atoms with E-state index in [2.05, 4.69) is 46.5 Å². The fourth-order valence-electron chi connectivity index (χ4n) is 4.01. The summed E-state index contributed by atoms with van der Waals surface area (Å²) in [5.74, 6) is 2.75. The molecular weight excluding hydrogens is 276 g/mol. The zero-order chi connectivity index (χ0) is 12.2. The summed E-state index contributed by atoms with van der Waals surface area (Å²) in [4.78, 5) is 0. The summed E-state index contributed by atoms with van der Waals surface area (Å²) < 4.78 is 3.32. The van der Waals surface area contributed by atoms with Crippen LogP contribution >= 0.6 is 15.9 Å². The van der Waals surface area contributed by atoms with E-state index in [1.54, 1.807) is 0 Å². The number of aromatic nitrogens is 2. The molecule has 0 N–H and O–H groups in total. The molecule has 3 aliphatic carbocycles. The van der Waals surface area contributed by atoms with Gasteiger partial charge in [-0.1, -0.05) is 13.8 Å². The lowest BCUT2D eigenvalue weighted by Gasteiger charge is -2.60. The van der Waals surface area contributed by atoms with Crippen LogP contribution in [0.3, 0.4) is 0 Å². The maximum atomic E-state index is 4.48. The van der Waals surface area contributed by atoms with Crippen molar-refractivity contribution in [3.63, 3.8) is 0 Å². The third-order valence-electron chi connectivity index (χ3n) is 5.45. The lowest BCUT2D eigenvalue weighted by atomic mass is 9.45. The molecule has 3 saturated carbocycles. The molecule has 0 amide bonds. The van der Waals surface area contributed by atoms with Crippen molar-refractivity contribution in [1.82, 2.24) is 9.78 Å². The van der Waals surface area contributed by atoms with Crippen LogP contribution in [0, 0.1) is 30.1 Å². The summed E-state index contributed by atoms with van der Waals surface area (Å²) in [5.41, 5.74) is 1.85. The molecule has 3 atom stereocenters. The predicted octanol–water partition coefficient (Wildman–Crippen LogP) is 4.03. The molecule has 1 aromatic rings. The van der Waals surface area contributed by atoms with Crippen LogP contribution < -0.4 is 0 Å². The topological polar surface area (TPSA) is 17.8 Å². The summed E-state index contributed by atoms with van der Waals surface area (Å²) in [6.45, 7) is 8.18. The van der Waals surface area contributed by atoms with Crippen LogP contribution in [0.5, 0.6) is 0 Å². The quantitative estimate of drug-likeness (QED) is 0.806. The molecule has 17 heavy (non-hydrogen) atoms. The Kier molecular flexibility index (Phi) is 2.66. The fraction of sp³-hybridized carbons (Fsp3) is 0.786. The van der Waals surface area contributed by atoms with Crippen LogP contribution in [0.25, 0.3) is 0 Å². The number of nitrogens with zero attached hydrogens (tertiary/aromatic N) is 2. The minimum atomic E-state index is 0.585. The Hall–Kier alpha value is -0.310. The Labute approximate surface area is 112 Å². The summed E-state index contributed by atoms with van der Waals surface area (Å²) >= 11 is 3.54. The van der Waals surface area contributed by atoms with Crippen molar-refractivity contribution >= 4 is 15.9 Å². The maximum absolute atomic E-state index is 4.48. The molecule has 3 aliphatic rings. The molecule has 0 radical (unpaired) electrons. The van der Waals surface area contributed by atoms with Gasteiger partial charge in [0.15, 0.2) is 0 Å². The molecule has 1 heterocycles. The second-order valence-electron chi connectivity index (χ2n) is 6.46. The smallest absolute Gasteiger partial charge is 0.0635 e. The molecular formula is C14H21BrN2. The van der Waals surface area contributed by atoms with E-state index in [1.807, 2.05) is 6.20 Å². The number of fused-ring (bicyclic) bond motifs is 2. The zero-order valence-electron chi connectivity index (χ0n) is 10.9. The minimum Gasteiger partial charge on any atom is -0.268 e. The first-order valence-electron chi connectivity index (χ1n) is 6.68. The summed E-state index contributed by atoms with van der Waals surface area (Å²) in [7, 11) is 0. The number of rotatable bonds is 2. The number of hydrogen-bond donors (Lipinski definition) is 0. The van der Waals surface area contributed by atoms with Gasteiger partial charge in [0, 0.05) is 12.2 Å². The van der Waals surface area contributed by atoms with Gasteiger partial charge in [0.2, 0.25) is 0 Å². The highest BCUT2D eigenvalue weighted by atomic mass is 79.9. The molecule has 0 saturated heterocycles. The summed E-state index contributed by atoms with van der Waals surface area (Å²) in [6, 6.07) is 0. The van der Waals surface area contributed by atoms with Crippen molar-refractivity contribution in [2.24, 2.45) is 23.2 Å². The first-order valence-corrected chi connectivity index (χ1v) is 7.47. The van der Waals surface area contributed by atoms with Crippen molar-refractivity contribution < 1.29 is 0 Å². The number of halogens is 1. The van der Waals surface area contributed by atoms with Crippen molar-refractivity contribution in [2.75, 3.05) is 0 Å². The predicted molar refractivity (Wildman–Crippen MR) is 72.8 cm³/mol. The third kappa shape index (κ3) is 1.69. The summed E-state index contributed by atoms with van der Waals surface area (Å²) in [5, 5.41) is 4.48. The van der Waals surface area contributed by atoms with Gasteiger partial charge in [0.1, 0.15) is 0 Å². The highest BCUT2D eigenvalue weighted by molar-refractivity contribution is 9.10. The normalized spacial score (nSPS) is 34.5. The van der Waals surface area contributed by atoms with Crippen LogP contribution in [0.15, 0.2) is 10.7 Å². The van der Waals surface area contributed by atoms with Crippen LogP contribution in [0.1, 0.15) is 38.8 Å². The Morgan fingerprint density at radius 1 is 1.47 bits per heavy atom. The largest absolute Gasteiger partial charge is 0.268 e. The van der Waals surface area contributed by atoms with Crippen molar-refractivity contribution in [3.8, 4) is 0 Å². The average molecular weight is 297 g/mol. The highest BCUT2D eigenvalue weighted by Crippen LogP contribution is 2.61. The zero-order valence-corrected chi connectivity index (χ0v) is 12.5. The van der Waals surface area contributed by atoms with Crippen molar-refractivity contribution in [2.45, 2.75) is 46.6 Å². The third-order valence-corrected chi connectivity index (χ3v) is 6.23. The monoisotopic (exact) mass is 296 g/mol. The van der Waals surface area contributed by atoms with E-state index in [1.165, 1.54) is 25.0 Å². The van der Waals surface area contributed by atoms with Crippen molar-refractivity contribution in [3.05, 3.63) is 16.4 Å². The van der Waals surface area contributed by atoms with E-state index in [0.29, 0.717) is 5.41 Å². The van der Waals surface area contributed by atoms with Gasteiger partial charge >= 0.3 is 0 Å². The van der Waals surface area contributed by atoms with Crippen LogP contribution in [-0.4, -0.2) is 9.78 Å². The Bertz CT molecular complexity index is 433. The molecule has 0 aromatic carbocycles. The standard InChI is InChI=1S/C14H21BrN2/c1-9-13(15)7-16-17(9)8-10-4-5-11-6-12(10)14(11,2)3/h7,10-12H,4-6,8H2,1-3H3/t10-,11+,12+/m0/s1. The first-order chi connectivity index (χ1) is 8.00. The van der Waals surface area contributed by atoms with Crippen LogP contribution in [0.4, 0.5) is 0 Å². The van der Waals surface area contributed by atoms with Gasteiger partial charge in [0.25, 0.3) is 0 Å². The molecule has 3 heteroatoms. The molecule has 1 aromatic heterocycles. The second-order valence-corrected chi connectivity index (χ2v) is 7.31. The van der Waals surface area contributed by atoms with Gasteiger partial charge in [-0.05, 0) is 65.3 Å². The number of hydrogen-bond acceptors (Lipinski definition) is 1. The molecule has 0 aliphatic heterocycles. The van der Waals surface area contributed by atoms with E-state index in [0.717, 1.165) is 28.8 Å². The second kappa shape index (κ2) is 3.84. The lowest BCUT2D eigenvalue weighted by molar-refractivity contribution is -0.109. The first kappa shape index (κ1) is 11.8. The highest BCUT2D eigenvalue weighted by Gasteiger charge is 2.54. The summed E-state index contributed by atoms with van der Waals surface area (Å²) in [6.07, 6.45) is 6.21. The molecule has 3 fully saturated rings. The van der Waals surface area contributed by atoms with Gasteiger partial charge in [-0.25, -0.2) is 0 Å². The van der Waals surface area contributed by atoms with Crippen LogP contribution in [-0.2, 0) is 6.54 Å². The Balaban J connectivity index is 1.76. The van der Waals surface area contributed by atoms with Gasteiger partial charge in [-0.3, -0.25) is 4.68 Å². The molecule has 2 bridgehead atoms. The van der Waals surface area contributed by atoms with Gasteiger partial charge in [0.05, 0.1) is 10.7 Å². The van der Waals surface area contributed by atoms with Crippen LogP contribution in [0.2, 0.25) is 0 Å². The molecule has 0 unspecified atom stereocenters. The Morgan fingerprint density at radius 2 is 2.24 bits per heavy atom. The SMILES string of the molecule is Cc1c(Br)cnn1C[C@@H]1CC[C@@H]2C[C@H]1C2(C)C. The van der Waals surface area contributed by atoms with E-state index in [9.17, 15) is 0 Å². The minimum absolute atomic E-state index is 0.585. The lowest BCUT2D eigenvalue weighted by Crippen LogP contribution is -2.53. The van der Waals surface area contributed by atoms with Gasteiger partial charge in [-0.2, -0.15) is 5.10 Å². The Morgan fingerprint density at radius 3 is 2.76 bits per heavy atom. The van der Waals surface area contributed by atoms with Gasteiger partial charge < -0.3 is 0 Å². The average Bonchev–Trinajstić information content (AvgIpc) is 2.61. The van der Waals surface area contributed by atoms with E-state index >= 15 is 0 Å². The van der Waals surface area contributed by atoms with Gasteiger partial charge in [-0.15, -0.1) is 0 Å². The molecule has 4 rings (SSSR count). The molecule has 2 nitrogen and oxygen atoms in total. The molecule has 0 spiro atoms. The fourth-order valence-corrected chi connectivity index (χ4v) is 4.31. The van der Waals surface area contributed by atoms with E-state index in [4.69, 9.17) is 0 Å². The van der Waals surface area contributed by atoms with Crippen molar-refractivity contribution in [1.29, 1.82) is 0 Å².